The summed E-state index contributed by atoms with van der Waals surface area (Å²) in [6.07, 6.45) is 4.00. The van der Waals surface area contributed by atoms with Crippen molar-refractivity contribution >= 4 is 11.5 Å². The summed E-state index contributed by atoms with van der Waals surface area (Å²) in [5, 5.41) is 6.73. The Morgan fingerprint density at radius 1 is 1.44 bits per heavy atom. The number of hydrogen-bond donors (Lipinski definition) is 2. The third-order valence-electron chi connectivity index (χ3n) is 2.71. The van der Waals surface area contributed by atoms with Gasteiger partial charge in [0.2, 0.25) is 0 Å². The molecule has 2 rings (SSSR count). The average Bonchev–Trinajstić information content (AvgIpc) is 2.31. The number of anilines is 2. The second-order valence-corrected chi connectivity index (χ2v) is 3.99. The van der Waals surface area contributed by atoms with Crippen LogP contribution < -0.4 is 10.6 Å². The van der Waals surface area contributed by atoms with Crippen LogP contribution in [0.25, 0.3) is 0 Å². The number of rotatable bonds is 4. The molecule has 4 nitrogen and oxygen atoms in total. The summed E-state index contributed by atoms with van der Waals surface area (Å²) in [5.41, 5.74) is 1.14. The van der Waals surface area contributed by atoms with Gasteiger partial charge >= 0.3 is 0 Å². The van der Waals surface area contributed by atoms with Crippen LogP contribution in [0, 0.1) is 0 Å². The number of nitrogens with zero attached hydrogens (tertiary/aromatic N) is 1. The van der Waals surface area contributed by atoms with Crippen molar-refractivity contribution in [3.8, 4) is 0 Å². The van der Waals surface area contributed by atoms with E-state index in [0.717, 1.165) is 44.1 Å². The fraction of sp³-hybridized carbons (Fsp3) is 0.583. The van der Waals surface area contributed by atoms with Gasteiger partial charge in [0.25, 0.3) is 0 Å². The first-order valence-corrected chi connectivity index (χ1v) is 5.92. The summed E-state index contributed by atoms with van der Waals surface area (Å²) >= 11 is 0. The van der Waals surface area contributed by atoms with Gasteiger partial charge in [-0.1, -0.05) is 0 Å². The maximum absolute atomic E-state index is 5.34. The molecule has 0 aliphatic carbocycles. The van der Waals surface area contributed by atoms with Crippen LogP contribution >= 0.6 is 0 Å². The lowest BCUT2D eigenvalue weighted by Crippen LogP contribution is -2.27. The van der Waals surface area contributed by atoms with Crippen LogP contribution in [0.2, 0.25) is 0 Å². The van der Waals surface area contributed by atoms with Gasteiger partial charge in [-0.05, 0) is 25.8 Å². The van der Waals surface area contributed by atoms with Crippen LogP contribution in [-0.4, -0.2) is 30.8 Å². The van der Waals surface area contributed by atoms with Crippen molar-refractivity contribution in [3.05, 3.63) is 18.3 Å². The zero-order chi connectivity index (χ0) is 11.2. The van der Waals surface area contributed by atoms with Gasteiger partial charge < -0.3 is 15.4 Å². The first-order chi connectivity index (χ1) is 7.88. The maximum atomic E-state index is 5.34. The third kappa shape index (κ3) is 3.10. The quantitative estimate of drug-likeness (QED) is 0.817. The van der Waals surface area contributed by atoms with E-state index in [1.807, 2.05) is 12.3 Å². The molecule has 2 N–H and O–H groups in total. The van der Waals surface area contributed by atoms with Crippen LogP contribution in [0.1, 0.15) is 19.8 Å². The van der Waals surface area contributed by atoms with Crippen molar-refractivity contribution in [3.63, 3.8) is 0 Å². The Balaban J connectivity index is 1.94. The summed E-state index contributed by atoms with van der Waals surface area (Å²) in [7, 11) is 0. The highest BCUT2D eigenvalue weighted by atomic mass is 16.5. The minimum Gasteiger partial charge on any atom is -0.382 e. The van der Waals surface area contributed by atoms with E-state index in [1.165, 1.54) is 0 Å². The van der Waals surface area contributed by atoms with Gasteiger partial charge in [0.05, 0.1) is 0 Å². The zero-order valence-electron chi connectivity index (χ0n) is 9.70. The molecule has 0 spiro atoms. The molecule has 1 aliphatic heterocycles. The average molecular weight is 221 g/mol. The Bertz CT molecular complexity index is 324. The number of aromatic nitrogens is 1. The molecule has 4 heteroatoms. The van der Waals surface area contributed by atoms with Crippen LogP contribution in [0.3, 0.4) is 0 Å². The Labute approximate surface area is 96.4 Å². The molecule has 88 valence electrons. The van der Waals surface area contributed by atoms with E-state index in [0.29, 0.717) is 6.04 Å². The molecule has 1 aromatic heterocycles. The Morgan fingerprint density at radius 3 is 3.00 bits per heavy atom. The molecule has 0 unspecified atom stereocenters. The SMILES string of the molecule is CCNc1cc(NC2CCOCC2)ccn1. The van der Waals surface area contributed by atoms with Crippen LogP contribution in [0.15, 0.2) is 18.3 Å². The summed E-state index contributed by atoms with van der Waals surface area (Å²) in [6, 6.07) is 4.60. The summed E-state index contributed by atoms with van der Waals surface area (Å²) in [6.45, 7) is 4.69. The largest absolute Gasteiger partial charge is 0.382 e. The minimum atomic E-state index is 0.533. The van der Waals surface area contributed by atoms with E-state index >= 15 is 0 Å². The Morgan fingerprint density at radius 2 is 2.25 bits per heavy atom. The number of ether oxygens (including phenoxy) is 1. The molecule has 16 heavy (non-hydrogen) atoms. The van der Waals surface area contributed by atoms with Crippen molar-refractivity contribution in [2.24, 2.45) is 0 Å². The van der Waals surface area contributed by atoms with Gasteiger partial charge in [-0.3, -0.25) is 0 Å². The molecule has 0 atom stereocenters. The second-order valence-electron chi connectivity index (χ2n) is 3.99. The molecule has 0 aromatic carbocycles. The van der Waals surface area contributed by atoms with Crippen molar-refractivity contribution in [2.75, 3.05) is 30.4 Å². The van der Waals surface area contributed by atoms with Crippen molar-refractivity contribution < 1.29 is 4.74 Å². The first-order valence-electron chi connectivity index (χ1n) is 5.92. The highest BCUT2D eigenvalue weighted by Crippen LogP contribution is 2.17. The molecule has 1 saturated heterocycles. The predicted octanol–water partition coefficient (Wildman–Crippen LogP) is 2.10. The molecule has 1 aliphatic rings. The van der Waals surface area contributed by atoms with Crippen LogP contribution in [0.5, 0.6) is 0 Å². The predicted molar refractivity (Wildman–Crippen MR) is 65.9 cm³/mol. The van der Waals surface area contributed by atoms with E-state index in [4.69, 9.17) is 4.74 Å². The third-order valence-corrected chi connectivity index (χ3v) is 2.71. The van der Waals surface area contributed by atoms with E-state index in [9.17, 15) is 0 Å². The zero-order valence-corrected chi connectivity index (χ0v) is 9.70. The molecular weight excluding hydrogens is 202 g/mol. The highest BCUT2D eigenvalue weighted by Gasteiger charge is 2.13. The lowest BCUT2D eigenvalue weighted by Gasteiger charge is -2.24. The van der Waals surface area contributed by atoms with Gasteiger partial charge in [0.1, 0.15) is 5.82 Å². The summed E-state index contributed by atoms with van der Waals surface area (Å²) < 4.78 is 5.34. The Kier molecular flexibility index (Phi) is 3.99. The maximum Gasteiger partial charge on any atom is 0.127 e. The molecule has 0 amide bonds. The Hall–Kier alpha value is -1.29. The van der Waals surface area contributed by atoms with Gasteiger partial charge in [-0.15, -0.1) is 0 Å². The fourth-order valence-electron chi connectivity index (χ4n) is 1.88. The lowest BCUT2D eigenvalue weighted by molar-refractivity contribution is 0.0904. The molecule has 1 fully saturated rings. The van der Waals surface area contributed by atoms with Crippen LogP contribution in [-0.2, 0) is 4.74 Å². The van der Waals surface area contributed by atoms with E-state index in [2.05, 4.69) is 28.6 Å². The number of pyridine rings is 1. The van der Waals surface area contributed by atoms with Gasteiger partial charge in [-0.2, -0.15) is 0 Å². The summed E-state index contributed by atoms with van der Waals surface area (Å²) in [5.74, 6) is 0.930. The minimum absolute atomic E-state index is 0.533. The standard InChI is InChI=1S/C12H19N3O/c1-2-13-12-9-11(3-6-14-12)15-10-4-7-16-8-5-10/h3,6,9-10H,2,4-5,7-8H2,1H3,(H2,13,14,15). The smallest absolute Gasteiger partial charge is 0.127 e. The van der Waals surface area contributed by atoms with E-state index in [1.54, 1.807) is 0 Å². The molecule has 2 heterocycles. The fourth-order valence-corrected chi connectivity index (χ4v) is 1.88. The van der Waals surface area contributed by atoms with E-state index < -0.39 is 0 Å². The molecule has 1 aromatic rings. The summed E-state index contributed by atoms with van der Waals surface area (Å²) in [4.78, 5) is 4.25. The van der Waals surface area contributed by atoms with Crippen molar-refractivity contribution in [1.29, 1.82) is 0 Å². The first kappa shape index (κ1) is 11.2. The second kappa shape index (κ2) is 5.70. The molecule has 0 bridgehead atoms. The van der Waals surface area contributed by atoms with Crippen molar-refractivity contribution in [1.82, 2.24) is 4.98 Å². The molecule has 0 saturated carbocycles. The number of hydrogen-bond acceptors (Lipinski definition) is 4. The van der Waals surface area contributed by atoms with Gasteiger partial charge in [0.15, 0.2) is 0 Å². The number of nitrogens with one attached hydrogen (secondary N) is 2. The monoisotopic (exact) mass is 221 g/mol. The topological polar surface area (TPSA) is 46.2 Å². The van der Waals surface area contributed by atoms with Gasteiger partial charge in [-0.25, -0.2) is 4.98 Å². The molecular formula is C12H19N3O. The van der Waals surface area contributed by atoms with Crippen molar-refractivity contribution in [2.45, 2.75) is 25.8 Å². The molecule has 0 radical (unpaired) electrons. The van der Waals surface area contributed by atoms with Gasteiger partial charge in [0, 0.05) is 43.8 Å². The highest BCUT2D eigenvalue weighted by molar-refractivity contribution is 5.52. The van der Waals surface area contributed by atoms with Crippen LogP contribution in [0.4, 0.5) is 11.5 Å². The lowest BCUT2D eigenvalue weighted by atomic mass is 10.1. The normalized spacial score (nSPS) is 17.1. The van der Waals surface area contributed by atoms with E-state index in [-0.39, 0.29) is 0 Å².